The molecule has 1 aromatic rings. The number of hydrogen-bond acceptors (Lipinski definition) is 5. The fraction of sp³-hybridized carbons (Fsp3) is 0.692. The number of carboxylic acids is 1. The summed E-state index contributed by atoms with van der Waals surface area (Å²) in [7, 11) is 0. The van der Waals surface area contributed by atoms with E-state index in [4.69, 9.17) is 4.74 Å². The van der Waals surface area contributed by atoms with Gasteiger partial charge < -0.3 is 14.7 Å². The zero-order valence-corrected chi connectivity index (χ0v) is 12.2. The lowest BCUT2D eigenvalue weighted by atomic mass is 10.2. The van der Waals surface area contributed by atoms with Crippen LogP contribution in [0.15, 0.2) is 0 Å². The molecule has 0 spiro atoms. The molecule has 1 atom stereocenters. The number of nitrogens with zero attached hydrogens (tertiary/aromatic N) is 2. The first-order valence-electron chi connectivity index (χ1n) is 6.75. The second-order valence-electron chi connectivity index (χ2n) is 4.60. The van der Waals surface area contributed by atoms with Gasteiger partial charge in [0.15, 0.2) is 5.13 Å². The summed E-state index contributed by atoms with van der Waals surface area (Å²) < 4.78 is 5.64. The summed E-state index contributed by atoms with van der Waals surface area (Å²) in [6, 6.07) is 0. The standard InChI is InChI=1S/C13H20N2O3S/c1-3-10-11(12(16)17)19-13(14-10)15(4-2)8-9-6-5-7-18-9/h9H,3-8H2,1-2H3,(H,16,17). The van der Waals surface area contributed by atoms with Crippen LogP contribution in [0.25, 0.3) is 0 Å². The van der Waals surface area contributed by atoms with Gasteiger partial charge in [0.2, 0.25) is 0 Å². The van der Waals surface area contributed by atoms with Crippen LogP contribution < -0.4 is 4.90 Å². The second kappa shape index (κ2) is 6.34. The zero-order valence-electron chi connectivity index (χ0n) is 11.4. The van der Waals surface area contributed by atoms with E-state index < -0.39 is 5.97 Å². The van der Waals surface area contributed by atoms with E-state index in [2.05, 4.69) is 16.8 Å². The first-order valence-corrected chi connectivity index (χ1v) is 7.56. The second-order valence-corrected chi connectivity index (χ2v) is 5.58. The summed E-state index contributed by atoms with van der Waals surface area (Å²) in [6.07, 6.45) is 3.09. The van der Waals surface area contributed by atoms with E-state index in [1.54, 1.807) is 0 Å². The molecule has 1 N–H and O–H groups in total. The fourth-order valence-electron chi connectivity index (χ4n) is 2.26. The van der Waals surface area contributed by atoms with Gasteiger partial charge >= 0.3 is 5.97 Å². The van der Waals surface area contributed by atoms with Gasteiger partial charge in [-0.05, 0) is 26.2 Å². The van der Waals surface area contributed by atoms with Crippen molar-refractivity contribution in [1.82, 2.24) is 4.98 Å². The maximum atomic E-state index is 11.2. The Hall–Kier alpha value is -1.14. The van der Waals surface area contributed by atoms with Gasteiger partial charge in [-0.25, -0.2) is 9.78 Å². The van der Waals surface area contributed by atoms with E-state index in [1.165, 1.54) is 11.3 Å². The van der Waals surface area contributed by atoms with Gasteiger partial charge in [-0.1, -0.05) is 18.3 Å². The number of aromatic nitrogens is 1. The SMILES string of the molecule is CCc1nc(N(CC)CC2CCCO2)sc1C(=O)O. The third-order valence-corrected chi connectivity index (χ3v) is 4.46. The number of carbonyl (C=O) groups is 1. The molecule has 0 radical (unpaired) electrons. The molecule has 2 heterocycles. The number of hydrogen-bond donors (Lipinski definition) is 1. The van der Waals surface area contributed by atoms with Crippen LogP contribution >= 0.6 is 11.3 Å². The van der Waals surface area contributed by atoms with Crippen LogP contribution in [0.3, 0.4) is 0 Å². The highest BCUT2D eigenvalue weighted by Crippen LogP contribution is 2.28. The van der Waals surface area contributed by atoms with E-state index in [0.29, 0.717) is 17.0 Å². The van der Waals surface area contributed by atoms with Crippen LogP contribution in [0.5, 0.6) is 0 Å². The Morgan fingerprint density at radius 1 is 1.58 bits per heavy atom. The minimum atomic E-state index is -0.881. The van der Waals surface area contributed by atoms with E-state index in [9.17, 15) is 9.90 Å². The Kier molecular flexibility index (Phi) is 4.76. The van der Waals surface area contributed by atoms with Gasteiger partial charge in [0.25, 0.3) is 0 Å². The molecule has 1 aliphatic heterocycles. The lowest BCUT2D eigenvalue weighted by molar-refractivity contribution is 0.0701. The molecule has 1 aliphatic rings. The Labute approximate surface area is 117 Å². The number of ether oxygens (including phenoxy) is 1. The van der Waals surface area contributed by atoms with Gasteiger partial charge in [0.1, 0.15) is 4.88 Å². The first-order chi connectivity index (χ1) is 9.15. The highest BCUT2D eigenvalue weighted by Gasteiger charge is 2.23. The van der Waals surface area contributed by atoms with Gasteiger partial charge in [0.05, 0.1) is 11.8 Å². The lowest BCUT2D eigenvalue weighted by Gasteiger charge is -2.23. The van der Waals surface area contributed by atoms with E-state index in [-0.39, 0.29) is 6.10 Å². The third-order valence-electron chi connectivity index (χ3n) is 3.32. The molecule has 106 valence electrons. The van der Waals surface area contributed by atoms with Crippen LogP contribution in [0.2, 0.25) is 0 Å². The predicted octanol–water partition coefficient (Wildman–Crippen LogP) is 2.41. The van der Waals surface area contributed by atoms with Crippen molar-refractivity contribution in [3.63, 3.8) is 0 Å². The number of thiazole rings is 1. The number of likely N-dealkylation sites (N-methyl/N-ethyl adjacent to an activating group) is 1. The Balaban J connectivity index is 2.15. The molecule has 1 fully saturated rings. The quantitative estimate of drug-likeness (QED) is 0.869. The predicted molar refractivity (Wildman–Crippen MR) is 75.3 cm³/mol. The van der Waals surface area contributed by atoms with Gasteiger partial charge in [-0.3, -0.25) is 0 Å². The average molecular weight is 284 g/mol. The molecule has 6 heteroatoms. The Bertz CT molecular complexity index is 441. The number of aryl methyl sites for hydroxylation is 1. The number of aromatic carboxylic acids is 1. The van der Waals surface area contributed by atoms with Crippen LogP contribution in [0.4, 0.5) is 5.13 Å². The molecular weight excluding hydrogens is 264 g/mol. The molecule has 2 rings (SSSR count). The molecule has 0 aliphatic carbocycles. The molecule has 0 saturated carbocycles. The topological polar surface area (TPSA) is 62.7 Å². The van der Waals surface area contributed by atoms with E-state index >= 15 is 0 Å². The molecule has 19 heavy (non-hydrogen) atoms. The number of rotatable bonds is 6. The molecule has 0 aromatic carbocycles. The average Bonchev–Trinajstić information content (AvgIpc) is 3.04. The van der Waals surface area contributed by atoms with Crippen molar-refractivity contribution < 1.29 is 14.6 Å². The Morgan fingerprint density at radius 2 is 2.37 bits per heavy atom. The zero-order chi connectivity index (χ0) is 13.8. The minimum absolute atomic E-state index is 0.252. The van der Waals surface area contributed by atoms with Crippen molar-refractivity contribution in [3.8, 4) is 0 Å². The van der Waals surface area contributed by atoms with Crippen molar-refractivity contribution in [2.75, 3.05) is 24.6 Å². The van der Waals surface area contributed by atoms with Gasteiger partial charge in [-0.2, -0.15) is 0 Å². The summed E-state index contributed by atoms with van der Waals surface area (Å²) in [4.78, 5) is 18.1. The van der Waals surface area contributed by atoms with E-state index in [0.717, 1.165) is 37.7 Å². The van der Waals surface area contributed by atoms with Crippen molar-refractivity contribution in [2.24, 2.45) is 0 Å². The highest BCUT2D eigenvalue weighted by atomic mass is 32.1. The largest absolute Gasteiger partial charge is 0.477 e. The minimum Gasteiger partial charge on any atom is -0.477 e. The first kappa shape index (κ1) is 14.3. The lowest BCUT2D eigenvalue weighted by Crippen LogP contribution is -2.31. The summed E-state index contributed by atoms with van der Waals surface area (Å²) >= 11 is 1.27. The van der Waals surface area contributed by atoms with Crippen LogP contribution in [0, 0.1) is 0 Å². The maximum absolute atomic E-state index is 11.2. The number of carboxylic acid groups (broad SMARTS) is 1. The normalized spacial score (nSPS) is 18.7. The van der Waals surface area contributed by atoms with Crippen LogP contribution in [-0.2, 0) is 11.2 Å². The van der Waals surface area contributed by atoms with Crippen molar-refractivity contribution >= 4 is 22.4 Å². The Morgan fingerprint density at radius 3 is 2.84 bits per heavy atom. The summed E-state index contributed by atoms with van der Waals surface area (Å²) in [5, 5.41) is 9.97. The summed E-state index contributed by atoms with van der Waals surface area (Å²) in [5.74, 6) is -0.881. The molecule has 0 bridgehead atoms. The van der Waals surface area contributed by atoms with Gasteiger partial charge in [-0.15, -0.1) is 0 Å². The van der Waals surface area contributed by atoms with Crippen LogP contribution in [0.1, 0.15) is 42.1 Å². The maximum Gasteiger partial charge on any atom is 0.347 e. The third kappa shape index (κ3) is 3.25. The van der Waals surface area contributed by atoms with Gasteiger partial charge in [0, 0.05) is 19.7 Å². The van der Waals surface area contributed by atoms with Crippen LogP contribution in [-0.4, -0.2) is 41.9 Å². The molecular formula is C13H20N2O3S. The molecule has 1 saturated heterocycles. The van der Waals surface area contributed by atoms with E-state index in [1.807, 2.05) is 6.92 Å². The van der Waals surface area contributed by atoms with Crippen molar-refractivity contribution in [1.29, 1.82) is 0 Å². The smallest absolute Gasteiger partial charge is 0.347 e. The monoisotopic (exact) mass is 284 g/mol. The molecule has 5 nitrogen and oxygen atoms in total. The molecule has 1 unspecified atom stereocenters. The fourth-order valence-corrected chi connectivity index (χ4v) is 3.32. The van der Waals surface area contributed by atoms with Crippen molar-refractivity contribution in [3.05, 3.63) is 10.6 Å². The van der Waals surface area contributed by atoms with Crippen molar-refractivity contribution in [2.45, 2.75) is 39.2 Å². The molecule has 1 aromatic heterocycles. The molecule has 0 amide bonds. The number of anilines is 1. The summed E-state index contributed by atoms with van der Waals surface area (Å²) in [5.41, 5.74) is 0.679. The highest BCUT2D eigenvalue weighted by molar-refractivity contribution is 7.17. The summed E-state index contributed by atoms with van der Waals surface area (Å²) in [6.45, 7) is 6.44.